The van der Waals surface area contributed by atoms with Gasteiger partial charge in [0.05, 0.1) is 1.37 Å². The quantitative estimate of drug-likeness (QED) is 0.530. The molecule has 0 aromatic heterocycles. The van der Waals surface area contributed by atoms with Crippen molar-refractivity contribution in [3.8, 4) is 0 Å². The van der Waals surface area contributed by atoms with Gasteiger partial charge in [0.2, 0.25) is 0 Å². The molecule has 0 nitrogen and oxygen atoms in total. The zero-order chi connectivity index (χ0) is 6.85. The van der Waals surface area contributed by atoms with E-state index in [1.807, 2.05) is 0 Å². The molecule has 0 radical (unpaired) electrons. The fourth-order valence-corrected chi connectivity index (χ4v) is 0.622. The van der Waals surface area contributed by atoms with Crippen LogP contribution in [0.15, 0.2) is 24.2 Å². The number of hydrogen-bond donors (Lipinski definition) is 0. The van der Waals surface area contributed by atoms with E-state index in [0.29, 0.717) is 10.0 Å². The second kappa shape index (κ2) is 2.38. The lowest BCUT2D eigenvalue weighted by Gasteiger charge is -1.86. The first kappa shape index (κ1) is 4.66. The molecule has 0 unspecified atom stereocenters. The standard InChI is InChI=1S/C6H4Cl2/c7-5-1-2-6(8)4-3-5/h1-4H/i1D. The van der Waals surface area contributed by atoms with Crippen LogP contribution < -0.4 is 0 Å². The van der Waals surface area contributed by atoms with Crippen LogP contribution in [0, 0.1) is 0 Å². The summed E-state index contributed by atoms with van der Waals surface area (Å²) in [6.45, 7) is 0. The van der Waals surface area contributed by atoms with E-state index in [1.54, 1.807) is 12.1 Å². The third-order valence-electron chi connectivity index (χ3n) is 0.737. The summed E-state index contributed by atoms with van der Waals surface area (Å²) in [6, 6.07) is 5.03. The summed E-state index contributed by atoms with van der Waals surface area (Å²) in [6.07, 6.45) is 0. The highest BCUT2D eigenvalue weighted by molar-refractivity contribution is 6.32. The molecule has 0 saturated carbocycles. The summed E-state index contributed by atoms with van der Waals surface area (Å²) >= 11 is 11.1. The molecule has 0 heterocycles. The van der Waals surface area contributed by atoms with Gasteiger partial charge < -0.3 is 0 Å². The summed E-state index contributed by atoms with van der Waals surface area (Å²) in [7, 11) is 0. The normalized spacial score (nSPS) is 11.0. The molecule has 8 heavy (non-hydrogen) atoms. The molecule has 1 rings (SSSR count). The van der Waals surface area contributed by atoms with Crippen molar-refractivity contribution >= 4 is 23.2 Å². The molecule has 0 N–H and O–H groups in total. The Hall–Kier alpha value is -0.200. The largest absolute Gasteiger partial charge is 0.0843 e. The van der Waals surface area contributed by atoms with Crippen LogP contribution in [0.4, 0.5) is 0 Å². The molecule has 1 aromatic carbocycles. The van der Waals surface area contributed by atoms with E-state index in [2.05, 4.69) is 0 Å². The second-order valence-electron chi connectivity index (χ2n) is 1.35. The maximum absolute atomic E-state index is 7.14. The number of benzene rings is 1. The highest BCUT2D eigenvalue weighted by Gasteiger charge is 1.83. The molecule has 0 atom stereocenters. The topological polar surface area (TPSA) is 0 Å². The average Bonchev–Trinajstić information content (AvgIpc) is 1.80. The first-order chi connectivity index (χ1) is 4.20. The van der Waals surface area contributed by atoms with Crippen LogP contribution in [-0.2, 0) is 0 Å². The van der Waals surface area contributed by atoms with Gasteiger partial charge in [0.15, 0.2) is 0 Å². The minimum absolute atomic E-state index is 0.268. The van der Waals surface area contributed by atoms with Gasteiger partial charge in [-0.3, -0.25) is 0 Å². The van der Waals surface area contributed by atoms with Gasteiger partial charge in [-0.2, -0.15) is 0 Å². The van der Waals surface area contributed by atoms with Crippen molar-refractivity contribution in [1.82, 2.24) is 0 Å². The van der Waals surface area contributed by atoms with E-state index in [1.165, 1.54) is 6.07 Å². The molecule has 0 aliphatic carbocycles. The van der Waals surface area contributed by atoms with Crippen LogP contribution in [-0.4, -0.2) is 0 Å². The lowest BCUT2D eigenvalue weighted by Crippen LogP contribution is -1.60. The summed E-state index contributed by atoms with van der Waals surface area (Å²) in [5, 5.41) is 0.976. The molecule has 0 bridgehead atoms. The van der Waals surface area contributed by atoms with Gasteiger partial charge in [0, 0.05) is 10.0 Å². The van der Waals surface area contributed by atoms with Gasteiger partial charge in [-0.25, -0.2) is 0 Å². The summed E-state index contributed by atoms with van der Waals surface area (Å²) in [5.41, 5.74) is 0. The van der Waals surface area contributed by atoms with Crippen molar-refractivity contribution in [3.63, 3.8) is 0 Å². The molecule has 0 fully saturated rings. The minimum atomic E-state index is 0.268. The average molecular weight is 148 g/mol. The van der Waals surface area contributed by atoms with E-state index in [4.69, 9.17) is 24.6 Å². The van der Waals surface area contributed by atoms with E-state index in [0.717, 1.165) is 0 Å². The van der Waals surface area contributed by atoms with Crippen LogP contribution in [0.5, 0.6) is 0 Å². The Balaban J connectivity index is 3.17. The van der Waals surface area contributed by atoms with E-state index < -0.39 is 0 Å². The molecular weight excluding hydrogens is 143 g/mol. The van der Waals surface area contributed by atoms with Gasteiger partial charge in [-0.1, -0.05) is 23.2 Å². The van der Waals surface area contributed by atoms with Gasteiger partial charge in [0.1, 0.15) is 0 Å². The van der Waals surface area contributed by atoms with Crippen LogP contribution in [0.3, 0.4) is 0 Å². The maximum Gasteiger partial charge on any atom is 0.0639 e. The minimum Gasteiger partial charge on any atom is -0.0843 e. The Morgan fingerprint density at radius 1 is 1.12 bits per heavy atom. The first-order valence-electron chi connectivity index (χ1n) is 2.62. The molecule has 0 saturated heterocycles. The Labute approximate surface area is 59.4 Å². The number of rotatable bonds is 0. The molecule has 1 aromatic rings. The van der Waals surface area contributed by atoms with Crippen molar-refractivity contribution in [1.29, 1.82) is 0 Å². The van der Waals surface area contributed by atoms with E-state index in [-0.39, 0.29) is 6.04 Å². The number of hydrogen-bond acceptors (Lipinski definition) is 0. The van der Waals surface area contributed by atoms with Crippen molar-refractivity contribution in [3.05, 3.63) is 34.3 Å². The second-order valence-corrected chi connectivity index (χ2v) is 2.20. The third kappa shape index (κ3) is 1.39. The smallest absolute Gasteiger partial charge is 0.0639 e. The first-order valence-corrected chi connectivity index (χ1v) is 2.87. The predicted molar refractivity (Wildman–Crippen MR) is 36.5 cm³/mol. The van der Waals surface area contributed by atoms with Gasteiger partial charge in [-0.15, -0.1) is 0 Å². The highest BCUT2D eigenvalue weighted by atomic mass is 35.5. The lowest BCUT2D eigenvalue weighted by molar-refractivity contribution is 1.71. The van der Waals surface area contributed by atoms with Crippen LogP contribution in [0.1, 0.15) is 1.37 Å². The summed E-state index contributed by atoms with van der Waals surface area (Å²) < 4.78 is 7.14. The van der Waals surface area contributed by atoms with Crippen LogP contribution in [0.25, 0.3) is 0 Å². The maximum atomic E-state index is 7.14. The molecule has 0 aliphatic heterocycles. The number of halogens is 2. The SMILES string of the molecule is [2H]c1cc(Cl)ccc1Cl. The highest BCUT2D eigenvalue weighted by Crippen LogP contribution is 2.12. The van der Waals surface area contributed by atoms with Gasteiger partial charge in [-0.05, 0) is 24.2 Å². The fraction of sp³-hybridized carbons (Fsp3) is 0. The zero-order valence-corrected chi connectivity index (χ0v) is 5.50. The van der Waals surface area contributed by atoms with Crippen molar-refractivity contribution in [2.24, 2.45) is 0 Å². The molecule has 0 amide bonds. The predicted octanol–water partition coefficient (Wildman–Crippen LogP) is 2.99. The monoisotopic (exact) mass is 147 g/mol. The van der Waals surface area contributed by atoms with Crippen LogP contribution in [0.2, 0.25) is 10.0 Å². The third-order valence-corrected chi connectivity index (χ3v) is 1.21. The lowest BCUT2D eigenvalue weighted by atomic mass is 10.4. The van der Waals surface area contributed by atoms with Crippen LogP contribution >= 0.6 is 23.2 Å². The molecular formula is C6H4Cl2. The Kier molecular flexibility index (Phi) is 1.39. The van der Waals surface area contributed by atoms with E-state index >= 15 is 0 Å². The molecule has 2 heteroatoms. The Bertz CT molecular complexity index is 222. The van der Waals surface area contributed by atoms with Crippen molar-refractivity contribution in [2.75, 3.05) is 0 Å². The summed E-state index contributed by atoms with van der Waals surface area (Å²) in [4.78, 5) is 0. The Morgan fingerprint density at radius 2 is 1.75 bits per heavy atom. The molecule has 0 aliphatic rings. The van der Waals surface area contributed by atoms with Crippen molar-refractivity contribution in [2.45, 2.75) is 0 Å². The van der Waals surface area contributed by atoms with Gasteiger partial charge in [0.25, 0.3) is 0 Å². The fourth-order valence-electron chi connectivity index (χ4n) is 0.387. The molecule has 42 valence electrons. The molecule has 0 spiro atoms. The zero-order valence-electron chi connectivity index (χ0n) is 4.99. The summed E-state index contributed by atoms with van der Waals surface area (Å²) in [5.74, 6) is 0. The Morgan fingerprint density at radius 3 is 2.25 bits per heavy atom. The van der Waals surface area contributed by atoms with Crippen molar-refractivity contribution < 1.29 is 1.37 Å². The van der Waals surface area contributed by atoms with E-state index in [9.17, 15) is 0 Å². The van der Waals surface area contributed by atoms with Gasteiger partial charge >= 0.3 is 0 Å².